The van der Waals surface area contributed by atoms with Gasteiger partial charge in [-0.25, -0.2) is 14.2 Å². The number of hydroxylamine groups is 1. The smallest absolute Gasteiger partial charge is 0.332 e. The van der Waals surface area contributed by atoms with Crippen molar-refractivity contribution in [3.05, 3.63) is 46.3 Å². The zero-order valence-corrected chi connectivity index (χ0v) is 26.5. The summed E-state index contributed by atoms with van der Waals surface area (Å²) in [7, 11) is 1.53. The van der Waals surface area contributed by atoms with E-state index >= 15 is 4.39 Å². The van der Waals surface area contributed by atoms with Crippen molar-refractivity contribution in [2.24, 2.45) is 0 Å². The van der Waals surface area contributed by atoms with E-state index in [1.54, 1.807) is 48.9 Å². The quantitative estimate of drug-likeness (QED) is 0.252. The first kappa shape index (κ1) is 33.0. The van der Waals surface area contributed by atoms with E-state index in [1.165, 1.54) is 7.11 Å². The third kappa shape index (κ3) is 6.91. The number of amidine groups is 1. The molecular formula is C32H42FN3O8. The lowest BCUT2D eigenvalue weighted by atomic mass is 9.84. The highest BCUT2D eigenvalue weighted by Gasteiger charge is 2.36. The van der Waals surface area contributed by atoms with E-state index in [-0.39, 0.29) is 68.2 Å². The first-order valence-corrected chi connectivity index (χ1v) is 14.8. The van der Waals surface area contributed by atoms with Crippen molar-refractivity contribution < 1.29 is 42.5 Å². The lowest BCUT2D eigenvalue weighted by molar-refractivity contribution is -0.149. The molecule has 44 heavy (non-hydrogen) atoms. The predicted octanol–water partition coefficient (Wildman–Crippen LogP) is 4.65. The van der Waals surface area contributed by atoms with Gasteiger partial charge in [0.2, 0.25) is 0 Å². The number of ether oxygens (including phenoxy) is 5. The Balaban J connectivity index is 1.59. The third-order valence-corrected chi connectivity index (χ3v) is 7.28. The second kappa shape index (κ2) is 13.8. The maximum Gasteiger partial charge on any atom is 0.332 e. The van der Waals surface area contributed by atoms with Crippen molar-refractivity contribution in [2.45, 2.75) is 59.6 Å². The van der Waals surface area contributed by atoms with Gasteiger partial charge in [0.15, 0.2) is 23.1 Å². The summed E-state index contributed by atoms with van der Waals surface area (Å²) in [5, 5.41) is 10.4. The Kier molecular flexibility index (Phi) is 10.4. The summed E-state index contributed by atoms with van der Waals surface area (Å²) in [4.78, 5) is 32.7. The number of rotatable bonds is 13. The van der Waals surface area contributed by atoms with Gasteiger partial charge in [-0.2, -0.15) is 0 Å². The number of hydrogen-bond donors (Lipinski definition) is 1. The van der Waals surface area contributed by atoms with Crippen LogP contribution in [0, 0.1) is 11.2 Å². The van der Waals surface area contributed by atoms with Crippen LogP contribution < -0.4 is 19.3 Å². The molecule has 0 aliphatic carbocycles. The van der Waals surface area contributed by atoms with Crippen LogP contribution in [0.1, 0.15) is 68.6 Å². The first-order chi connectivity index (χ1) is 20.9. The van der Waals surface area contributed by atoms with Crippen molar-refractivity contribution in [3.63, 3.8) is 0 Å². The number of esters is 1. The molecule has 4 rings (SSSR count). The molecule has 1 N–H and O–H groups in total. The summed E-state index contributed by atoms with van der Waals surface area (Å²) in [5.41, 5.74) is 2.02. The Morgan fingerprint density at radius 1 is 1.09 bits per heavy atom. The number of halogens is 1. The number of ketones is 1. The van der Waals surface area contributed by atoms with Gasteiger partial charge in [-0.05, 0) is 49.9 Å². The monoisotopic (exact) mass is 615 g/mol. The Labute approximate surface area is 257 Å². The average molecular weight is 616 g/mol. The minimum atomic E-state index is -0.662. The van der Waals surface area contributed by atoms with Crippen LogP contribution in [-0.4, -0.2) is 81.8 Å². The van der Waals surface area contributed by atoms with Gasteiger partial charge in [-0.15, -0.1) is 0 Å². The van der Waals surface area contributed by atoms with Gasteiger partial charge in [0.05, 0.1) is 52.2 Å². The van der Waals surface area contributed by atoms with Crippen molar-refractivity contribution in [1.29, 1.82) is 5.41 Å². The molecule has 2 aromatic rings. The van der Waals surface area contributed by atoms with Gasteiger partial charge in [0, 0.05) is 17.7 Å². The molecule has 0 fully saturated rings. The minimum absolute atomic E-state index is 0.0280. The molecule has 2 aliphatic heterocycles. The number of nitrogens with one attached hydrogen (secondary N) is 1. The number of benzene rings is 2. The molecule has 1 atom stereocenters. The second-order valence-electron chi connectivity index (χ2n) is 11.5. The molecule has 0 spiro atoms. The van der Waals surface area contributed by atoms with Crippen LogP contribution >= 0.6 is 0 Å². The average Bonchev–Trinajstić information content (AvgIpc) is 3.28. The number of fused-ring (bicyclic) bond motifs is 2. The lowest BCUT2D eigenvalue weighted by Gasteiger charge is -2.37. The van der Waals surface area contributed by atoms with Crippen LogP contribution in [0.25, 0.3) is 0 Å². The maximum atomic E-state index is 15.5. The van der Waals surface area contributed by atoms with Crippen LogP contribution in [0.4, 0.5) is 10.1 Å². The number of carbonyl (C=O) groups is 2. The zero-order valence-electron chi connectivity index (χ0n) is 26.5. The fraction of sp³-hybridized carbons (Fsp3) is 0.531. The molecule has 240 valence electrons. The van der Waals surface area contributed by atoms with E-state index in [9.17, 15) is 9.59 Å². The van der Waals surface area contributed by atoms with E-state index in [4.69, 9.17) is 33.9 Å². The highest BCUT2D eigenvalue weighted by molar-refractivity contribution is 6.06. The maximum absolute atomic E-state index is 15.5. The van der Waals surface area contributed by atoms with Crippen LogP contribution in [0.2, 0.25) is 0 Å². The number of carbonyl (C=O) groups excluding carboxylic acids is 2. The van der Waals surface area contributed by atoms with Gasteiger partial charge >= 0.3 is 5.97 Å². The molecule has 11 nitrogen and oxygen atoms in total. The standard InChI is InChI=1S/C32H42FN3O8/c1-8-41-25-13-20-14-35(31(34)27(20)28(33)30(25)43-10-3)16-24(37)19-11-22(32(4,5)6)29-23(12-19)36(39-7)15-21(44-29)17-40-18-26(38)42-9-2/h11-13,21,34H,8-10,14-18H2,1-7H3. The van der Waals surface area contributed by atoms with E-state index < -0.39 is 23.3 Å². The van der Waals surface area contributed by atoms with Crippen molar-refractivity contribution >= 4 is 23.3 Å². The van der Waals surface area contributed by atoms with Crippen molar-refractivity contribution in [1.82, 2.24) is 4.90 Å². The lowest BCUT2D eigenvalue weighted by Crippen LogP contribution is -2.43. The SMILES string of the molecule is CCOC(=O)COCC1CN(OC)c2cc(C(=O)CN3Cc4cc(OCC)c(OCC)c(F)c4C3=N)cc(C(C)(C)C)c2O1. The van der Waals surface area contributed by atoms with Gasteiger partial charge in [0.1, 0.15) is 30.0 Å². The Morgan fingerprint density at radius 2 is 1.82 bits per heavy atom. The number of anilines is 1. The molecule has 0 radical (unpaired) electrons. The van der Waals surface area contributed by atoms with Crippen LogP contribution in [0.3, 0.4) is 0 Å². The molecule has 0 aromatic heterocycles. The molecule has 1 unspecified atom stereocenters. The molecule has 0 saturated heterocycles. The first-order valence-electron chi connectivity index (χ1n) is 14.8. The highest BCUT2D eigenvalue weighted by Crippen LogP contribution is 2.44. The van der Waals surface area contributed by atoms with E-state index in [1.807, 2.05) is 20.8 Å². The summed E-state index contributed by atoms with van der Waals surface area (Å²) >= 11 is 0. The summed E-state index contributed by atoms with van der Waals surface area (Å²) < 4.78 is 43.5. The Hall–Kier alpha value is -3.90. The van der Waals surface area contributed by atoms with Gasteiger partial charge in [0.25, 0.3) is 0 Å². The van der Waals surface area contributed by atoms with E-state index in [0.29, 0.717) is 35.7 Å². The largest absolute Gasteiger partial charge is 0.490 e. The van der Waals surface area contributed by atoms with Crippen LogP contribution in [-0.2, 0) is 31.1 Å². The summed E-state index contributed by atoms with van der Waals surface area (Å²) in [6, 6.07) is 5.19. The molecule has 0 bridgehead atoms. The number of nitrogens with zero attached hydrogens (tertiary/aromatic N) is 2. The van der Waals surface area contributed by atoms with Crippen LogP contribution in [0.5, 0.6) is 17.2 Å². The molecule has 2 heterocycles. The molecule has 0 saturated carbocycles. The van der Waals surface area contributed by atoms with Crippen molar-refractivity contribution in [2.75, 3.05) is 58.3 Å². The summed E-state index contributed by atoms with van der Waals surface area (Å²) in [5.74, 6) is -0.640. The second-order valence-corrected chi connectivity index (χ2v) is 11.5. The van der Waals surface area contributed by atoms with E-state index in [0.717, 1.165) is 5.56 Å². The zero-order chi connectivity index (χ0) is 32.2. The molecule has 0 amide bonds. The number of Topliss-reactive ketones (excluding diaryl/α,β-unsaturated/α-hetero) is 1. The Bertz CT molecular complexity index is 1410. The van der Waals surface area contributed by atoms with Gasteiger partial charge < -0.3 is 28.6 Å². The summed E-state index contributed by atoms with van der Waals surface area (Å²) in [6.45, 7) is 12.4. The molecule has 12 heteroatoms. The molecule has 2 aliphatic rings. The van der Waals surface area contributed by atoms with Crippen molar-refractivity contribution in [3.8, 4) is 17.2 Å². The fourth-order valence-electron chi connectivity index (χ4n) is 5.29. The molecular weight excluding hydrogens is 573 g/mol. The van der Waals surface area contributed by atoms with Gasteiger partial charge in [-0.3, -0.25) is 15.0 Å². The highest BCUT2D eigenvalue weighted by atomic mass is 19.1. The summed E-state index contributed by atoms with van der Waals surface area (Å²) in [6.07, 6.45) is -0.443. The van der Waals surface area contributed by atoms with Gasteiger partial charge in [-0.1, -0.05) is 20.8 Å². The third-order valence-electron chi connectivity index (χ3n) is 7.28. The van der Waals surface area contributed by atoms with E-state index in [2.05, 4.69) is 0 Å². The number of hydrogen-bond acceptors (Lipinski definition) is 10. The fourth-order valence-corrected chi connectivity index (χ4v) is 5.29. The predicted molar refractivity (Wildman–Crippen MR) is 162 cm³/mol. The normalized spacial score (nSPS) is 15.9. The Morgan fingerprint density at radius 3 is 2.45 bits per heavy atom. The van der Waals surface area contributed by atoms with Crippen LogP contribution in [0.15, 0.2) is 18.2 Å². The topological polar surface area (TPSA) is 120 Å². The minimum Gasteiger partial charge on any atom is -0.490 e. The molecule has 2 aromatic carbocycles.